The zero-order chi connectivity index (χ0) is 13.8. The number of nitrogens with two attached hydrogens (primary N) is 1. The third-order valence-electron chi connectivity index (χ3n) is 4.96. The molecule has 0 aromatic heterocycles. The van der Waals surface area contributed by atoms with Gasteiger partial charge in [0, 0.05) is 18.7 Å². The summed E-state index contributed by atoms with van der Waals surface area (Å²) in [6, 6.07) is 0. The van der Waals surface area contributed by atoms with E-state index >= 15 is 0 Å². The van der Waals surface area contributed by atoms with Gasteiger partial charge >= 0.3 is 0 Å². The quantitative estimate of drug-likeness (QED) is 0.727. The van der Waals surface area contributed by atoms with Gasteiger partial charge in [-0.2, -0.15) is 0 Å². The standard InChI is InChI=1S/C16H30N2O/c1-3-15(2)12-16(13-17,9-11-19-15)18-10-8-14-6-4-5-7-14/h6,18H,3-5,7-13,17H2,1-2H3. The Kier molecular flexibility index (Phi) is 5.04. The van der Waals surface area contributed by atoms with Crippen molar-refractivity contribution in [2.45, 2.75) is 69.9 Å². The normalized spacial score (nSPS) is 35.4. The van der Waals surface area contributed by atoms with Crippen LogP contribution in [0.15, 0.2) is 11.6 Å². The summed E-state index contributed by atoms with van der Waals surface area (Å²) in [4.78, 5) is 0. The molecule has 3 heteroatoms. The highest BCUT2D eigenvalue weighted by atomic mass is 16.5. The Morgan fingerprint density at radius 1 is 1.47 bits per heavy atom. The van der Waals surface area contributed by atoms with Crippen molar-refractivity contribution in [1.82, 2.24) is 5.32 Å². The molecule has 0 amide bonds. The van der Waals surface area contributed by atoms with Gasteiger partial charge in [0.05, 0.1) is 5.60 Å². The number of allylic oxidation sites excluding steroid dienone is 1. The van der Waals surface area contributed by atoms with Crippen LogP contribution in [0.25, 0.3) is 0 Å². The molecule has 0 spiro atoms. The lowest BCUT2D eigenvalue weighted by atomic mass is 9.79. The first kappa shape index (κ1) is 15.0. The molecule has 0 saturated carbocycles. The molecule has 1 aliphatic carbocycles. The van der Waals surface area contributed by atoms with E-state index in [0.717, 1.165) is 32.4 Å². The summed E-state index contributed by atoms with van der Waals surface area (Å²) in [6.45, 7) is 7.03. The maximum absolute atomic E-state index is 6.08. The smallest absolute Gasteiger partial charge is 0.0670 e. The van der Waals surface area contributed by atoms with Crippen LogP contribution in [0.4, 0.5) is 0 Å². The zero-order valence-corrected chi connectivity index (χ0v) is 12.6. The second-order valence-electron chi connectivity index (χ2n) is 6.49. The first-order chi connectivity index (χ1) is 9.11. The molecule has 3 nitrogen and oxygen atoms in total. The van der Waals surface area contributed by atoms with Crippen LogP contribution in [-0.4, -0.2) is 30.8 Å². The Morgan fingerprint density at radius 3 is 2.95 bits per heavy atom. The first-order valence-corrected chi connectivity index (χ1v) is 7.88. The van der Waals surface area contributed by atoms with Gasteiger partial charge in [-0.25, -0.2) is 0 Å². The molecular weight excluding hydrogens is 236 g/mol. The summed E-state index contributed by atoms with van der Waals surface area (Å²) in [5, 5.41) is 3.76. The Bertz CT molecular complexity index is 329. The fourth-order valence-electron chi connectivity index (χ4n) is 3.43. The topological polar surface area (TPSA) is 47.3 Å². The number of nitrogens with one attached hydrogen (secondary N) is 1. The maximum Gasteiger partial charge on any atom is 0.0670 e. The predicted molar refractivity (Wildman–Crippen MR) is 80.2 cm³/mol. The van der Waals surface area contributed by atoms with Gasteiger partial charge < -0.3 is 15.8 Å². The monoisotopic (exact) mass is 266 g/mol. The molecule has 2 atom stereocenters. The summed E-state index contributed by atoms with van der Waals surface area (Å²) in [7, 11) is 0. The molecule has 3 N–H and O–H groups in total. The van der Waals surface area contributed by atoms with Crippen LogP contribution in [-0.2, 0) is 4.74 Å². The Morgan fingerprint density at radius 2 is 2.32 bits per heavy atom. The van der Waals surface area contributed by atoms with Crippen molar-refractivity contribution in [3.63, 3.8) is 0 Å². The highest BCUT2D eigenvalue weighted by Gasteiger charge is 2.41. The van der Waals surface area contributed by atoms with E-state index < -0.39 is 0 Å². The van der Waals surface area contributed by atoms with Crippen molar-refractivity contribution in [3.05, 3.63) is 11.6 Å². The van der Waals surface area contributed by atoms with Crippen molar-refractivity contribution in [1.29, 1.82) is 0 Å². The van der Waals surface area contributed by atoms with Crippen molar-refractivity contribution in [2.24, 2.45) is 5.73 Å². The van der Waals surface area contributed by atoms with Gasteiger partial charge in [0.25, 0.3) is 0 Å². The highest BCUT2D eigenvalue weighted by molar-refractivity contribution is 5.08. The number of rotatable bonds is 6. The fraction of sp³-hybridized carbons (Fsp3) is 0.875. The zero-order valence-electron chi connectivity index (χ0n) is 12.6. The van der Waals surface area contributed by atoms with Gasteiger partial charge in [0.2, 0.25) is 0 Å². The lowest BCUT2D eigenvalue weighted by molar-refractivity contribution is -0.0993. The van der Waals surface area contributed by atoms with Gasteiger partial charge in [0.15, 0.2) is 0 Å². The average Bonchev–Trinajstić information content (AvgIpc) is 2.92. The van der Waals surface area contributed by atoms with Crippen molar-refractivity contribution < 1.29 is 4.74 Å². The SMILES string of the molecule is CCC1(C)CC(CN)(NCCC2=CCCC2)CCO1. The van der Waals surface area contributed by atoms with E-state index in [1.807, 2.05) is 0 Å². The van der Waals surface area contributed by atoms with Crippen LogP contribution in [0.1, 0.15) is 58.8 Å². The molecule has 0 aromatic rings. The summed E-state index contributed by atoms with van der Waals surface area (Å²) < 4.78 is 5.94. The van der Waals surface area contributed by atoms with Gasteiger partial charge in [-0.05, 0) is 58.4 Å². The molecule has 19 heavy (non-hydrogen) atoms. The second kappa shape index (κ2) is 6.38. The van der Waals surface area contributed by atoms with Crippen molar-refractivity contribution in [2.75, 3.05) is 19.7 Å². The predicted octanol–water partition coefficient (Wildman–Crippen LogP) is 2.75. The van der Waals surface area contributed by atoms with Crippen LogP contribution in [0, 0.1) is 0 Å². The molecule has 0 radical (unpaired) electrons. The van der Waals surface area contributed by atoms with E-state index in [-0.39, 0.29) is 11.1 Å². The van der Waals surface area contributed by atoms with E-state index in [0.29, 0.717) is 6.54 Å². The van der Waals surface area contributed by atoms with Gasteiger partial charge in [-0.3, -0.25) is 0 Å². The molecule has 2 unspecified atom stereocenters. The Hall–Kier alpha value is -0.380. The molecule has 2 rings (SSSR count). The third kappa shape index (κ3) is 3.80. The minimum absolute atomic E-state index is 0.00273. The van der Waals surface area contributed by atoms with E-state index in [1.54, 1.807) is 5.57 Å². The molecule has 1 heterocycles. The first-order valence-electron chi connectivity index (χ1n) is 7.88. The largest absolute Gasteiger partial charge is 0.375 e. The number of hydrogen-bond acceptors (Lipinski definition) is 3. The van der Waals surface area contributed by atoms with Crippen LogP contribution in [0.5, 0.6) is 0 Å². The molecule has 0 aromatic carbocycles. The summed E-state index contributed by atoms with van der Waals surface area (Å²) in [6.07, 6.45) is 10.7. The van der Waals surface area contributed by atoms with Crippen LogP contribution < -0.4 is 11.1 Å². The molecule has 110 valence electrons. The van der Waals surface area contributed by atoms with Crippen LogP contribution in [0.2, 0.25) is 0 Å². The second-order valence-corrected chi connectivity index (χ2v) is 6.49. The summed E-state index contributed by atoms with van der Waals surface area (Å²) >= 11 is 0. The fourth-order valence-corrected chi connectivity index (χ4v) is 3.43. The Labute approximate surface area is 118 Å². The summed E-state index contributed by atoms with van der Waals surface area (Å²) in [5.74, 6) is 0. The van der Waals surface area contributed by atoms with E-state index in [4.69, 9.17) is 10.5 Å². The highest BCUT2D eigenvalue weighted by Crippen LogP contribution is 2.34. The molecule has 1 aliphatic heterocycles. The summed E-state index contributed by atoms with van der Waals surface area (Å²) in [5.41, 5.74) is 7.79. The number of ether oxygens (including phenoxy) is 1. The minimum Gasteiger partial charge on any atom is -0.375 e. The maximum atomic E-state index is 6.08. The third-order valence-corrected chi connectivity index (χ3v) is 4.96. The molecule has 2 aliphatic rings. The molecule has 1 saturated heterocycles. The molecule has 1 fully saturated rings. The van der Waals surface area contributed by atoms with E-state index in [9.17, 15) is 0 Å². The van der Waals surface area contributed by atoms with Crippen LogP contribution in [0.3, 0.4) is 0 Å². The van der Waals surface area contributed by atoms with Crippen molar-refractivity contribution >= 4 is 0 Å². The van der Waals surface area contributed by atoms with E-state index in [2.05, 4.69) is 25.2 Å². The lowest BCUT2D eigenvalue weighted by Gasteiger charge is -2.46. The van der Waals surface area contributed by atoms with Crippen LogP contribution >= 0.6 is 0 Å². The minimum atomic E-state index is -0.00273. The number of hydrogen-bond donors (Lipinski definition) is 2. The van der Waals surface area contributed by atoms with Gasteiger partial charge in [-0.1, -0.05) is 18.6 Å². The average molecular weight is 266 g/mol. The van der Waals surface area contributed by atoms with Gasteiger partial charge in [0.1, 0.15) is 0 Å². The lowest BCUT2D eigenvalue weighted by Crippen LogP contribution is -2.59. The molecule has 0 bridgehead atoms. The molecular formula is C16H30N2O. The van der Waals surface area contributed by atoms with Crippen molar-refractivity contribution in [3.8, 4) is 0 Å². The van der Waals surface area contributed by atoms with E-state index in [1.165, 1.54) is 25.7 Å². The van der Waals surface area contributed by atoms with Gasteiger partial charge in [-0.15, -0.1) is 0 Å². The Balaban J connectivity index is 1.86.